The van der Waals surface area contributed by atoms with Crippen LogP contribution in [0.5, 0.6) is 0 Å². The van der Waals surface area contributed by atoms with Crippen LogP contribution in [0.3, 0.4) is 0 Å². The molecule has 0 spiro atoms. The minimum absolute atomic E-state index is 0.205. The maximum Gasteiger partial charge on any atom is 0.303 e. The van der Waals surface area contributed by atoms with Gasteiger partial charge in [-0.25, -0.2) is 0 Å². The van der Waals surface area contributed by atoms with E-state index in [4.69, 9.17) is 5.11 Å². The summed E-state index contributed by atoms with van der Waals surface area (Å²) < 4.78 is 4.54. The summed E-state index contributed by atoms with van der Waals surface area (Å²) in [6.07, 6.45) is 0.823. The molecule has 3 nitrogen and oxygen atoms in total. The van der Waals surface area contributed by atoms with Crippen molar-refractivity contribution in [1.29, 1.82) is 0 Å². The van der Waals surface area contributed by atoms with Gasteiger partial charge < -0.3 is 9.84 Å². The van der Waals surface area contributed by atoms with Crippen molar-refractivity contribution in [2.24, 2.45) is 0 Å². The Labute approximate surface area is 53.9 Å². The fourth-order valence-corrected chi connectivity index (χ4v) is 0.373. The van der Waals surface area contributed by atoms with Crippen molar-refractivity contribution in [2.75, 3.05) is 6.61 Å². The summed E-state index contributed by atoms with van der Waals surface area (Å²) in [6, 6.07) is 0. The molecule has 3 heteroatoms. The zero-order valence-corrected chi connectivity index (χ0v) is 5.33. The highest BCUT2D eigenvalue weighted by atomic mass is 16.5. The molecular weight excluding hydrogens is 120 g/mol. The van der Waals surface area contributed by atoms with E-state index in [1.54, 1.807) is 0 Å². The van der Waals surface area contributed by atoms with E-state index in [2.05, 4.69) is 11.3 Å². The van der Waals surface area contributed by atoms with E-state index in [1.807, 2.05) is 0 Å². The molecule has 0 aromatic carbocycles. The molecule has 0 aromatic heterocycles. The number of ether oxygens (including phenoxy) is 1. The van der Waals surface area contributed by atoms with E-state index in [9.17, 15) is 4.79 Å². The van der Waals surface area contributed by atoms with Crippen molar-refractivity contribution in [3.05, 3.63) is 12.7 Å². The number of aliphatic hydroxyl groups excluding tert-OH is 1. The second-order valence-corrected chi connectivity index (χ2v) is 1.57. The first kappa shape index (κ1) is 8.17. The molecule has 52 valence electrons. The molecule has 0 heterocycles. The highest BCUT2D eigenvalue weighted by molar-refractivity contribution is 5.66. The standard InChI is InChI=1S/C6H10O3/c1-3-6(4-7)9-5(2)8/h3,6-7H,1,4H2,2H3/t6-/m0/s1. The third kappa shape index (κ3) is 3.73. The van der Waals surface area contributed by atoms with E-state index in [0.29, 0.717) is 0 Å². The Kier molecular flexibility index (Phi) is 3.71. The van der Waals surface area contributed by atoms with Crippen molar-refractivity contribution in [3.63, 3.8) is 0 Å². The molecule has 0 rings (SSSR count). The summed E-state index contributed by atoms with van der Waals surface area (Å²) in [5.74, 6) is -0.408. The third-order valence-electron chi connectivity index (χ3n) is 0.760. The fourth-order valence-electron chi connectivity index (χ4n) is 0.373. The Morgan fingerprint density at radius 3 is 2.67 bits per heavy atom. The van der Waals surface area contributed by atoms with Gasteiger partial charge in [0.1, 0.15) is 6.10 Å². The SMILES string of the molecule is C=C[C@@H](CO)OC(C)=O. The van der Waals surface area contributed by atoms with Gasteiger partial charge in [-0.1, -0.05) is 6.58 Å². The molecular formula is C6H10O3. The number of rotatable bonds is 3. The second-order valence-electron chi connectivity index (χ2n) is 1.57. The molecule has 0 amide bonds. The second kappa shape index (κ2) is 4.09. The average molecular weight is 130 g/mol. The van der Waals surface area contributed by atoms with Crippen LogP contribution in [-0.4, -0.2) is 23.8 Å². The van der Waals surface area contributed by atoms with Crippen molar-refractivity contribution in [3.8, 4) is 0 Å². The van der Waals surface area contributed by atoms with Crippen LogP contribution in [0.15, 0.2) is 12.7 Å². The van der Waals surface area contributed by atoms with Gasteiger partial charge >= 0.3 is 5.97 Å². The number of hydrogen-bond acceptors (Lipinski definition) is 3. The largest absolute Gasteiger partial charge is 0.456 e. The number of hydrogen-bond donors (Lipinski definition) is 1. The van der Waals surface area contributed by atoms with E-state index < -0.39 is 12.1 Å². The highest BCUT2D eigenvalue weighted by Gasteiger charge is 2.03. The minimum Gasteiger partial charge on any atom is -0.456 e. The van der Waals surface area contributed by atoms with E-state index in [-0.39, 0.29) is 6.61 Å². The summed E-state index contributed by atoms with van der Waals surface area (Å²) in [7, 11) is 0. The van der Waals surface area contributed by atoms with Crippen LogP contribution < -0.4 is 0 Å². The topological polar surface area (TPSA) is 46.5 Å². The lowest BCUT2D eigenvalue weighted by Crippen LogP contribution is -2.17. The first-order valence-electron chi connectivity index (χ1n) is 2.61. The van der Waals surface area contributed by atoms with Crippen LogP contribution in [-0.2, 0) is 9.53 Å². The van der Waals surface area contributed by atoms with Crippen molar-refractivity contribution >= 4 is 5.97 Å². The highest BCUT2D eigenvalue weighted by Crippen LogP contribution is 1.90. The van der Waals surface area contributed by atoms with Crippen molar-refractivity contribution in [2.45, 2.75) is 13.0 Å². The summed E-state index contributed by atoms with van der Waals surface area (Å²) in [6.45, 7) is 4.43. The van der Waals surface area contributed by atoms with E-state index in [0.717, 1.165) is 0 Å². The van der Waals surface area contributed by atoms with Gasteiger partial charge in [-0.05, 0) is 6.08 Å². The lowest BCUT2D eigenvalue weighted by Gasteiger charge is -2.07. The zero-order chi connectivity index (χ0) is 7.28. The number of esters is 1. The Balaban J connectivity index is 3.55. The molecule has 1 atom stereocenters. The van der Waals surface area contributed by atoms with Gasteiger partial charge in [0.05, 0.1) is 6.61 Å². The van der Waals surface area contributed by atoms with Crippen molar-refractivity contribution in [1.82, 2.24) is 0 Å². The Morgan fingerprint density at radius 2 is 2.56 bits per heavy atom. The monoisotopic (exact) mass is 130 g/mol. The van der Waals surface area contributed by atoms with Crippen LogP contribution in [0.2, 0.25) is 0 Å². The van der Waals surface area contributed by atoms with Crippen LogP contribution in [0.1, 0.15) is 6.92 Å². The summed E-state index contributed by atoms with van der Waals surface area (Å²) in [5, 5.41) is 8.43. The lowest BCUT2D eigenvalue weighted by atomic mass is 10.4. The molecule has 0 fully saturated rings. The first-order chi connectivity index (χ1) is 4.20. The van der Waals surface area contributed by atoms with Crippen LogP contribution in [0, 0.1) is 0 Å². The summed E-state index contributed by atoms with van der Waals surface area (Å²) in [5.41, 5.74) is 0. The summed E-state index contributed by atoms with van der Waals surface area (Å²) >= 11 is 0. The zero-order valence-electron chi connectivity index (χ0n) is 5.33. The van der Waals surface area contributed by atoms with Gasteiger partial charge in [-0.15, -0.1) is 0 Å². The molecule has 0 saturated carbocycles. The molecule has 0 saturated heterocycles. The van der Waals surface area contributed by atoms with Crippen LogP contribution >= 0.6 is 0 Å². The predicted molar refractivity (Wildman–Crippen MR) is 32.8 cm³/mol. The molecule has 0 radical (unpaired) electrons. The van der Waals surface area contributed by atoms with Gasteiger partial charge in [0, 0.05) is 6.92 Å². The molecule has 1 N–H and O–H groups in total. The number of carbonyl (C=O) groups excluding carboxylic acids is 1. The van der Waals surface area contributed by atoms with E-state index >= 15 is 0 Å². The van der Waals surface area contributed by atoms with Gasteiger partial charge in [0.2, 0.25) is 0 Å². The quantitative estimate of drug-likeness (QED) is 0.435. The Hall–Kier alpha value is -0.830. The molecule has 0 aliphatic heterocycles. The maximum absolute atomic E-state index is 10.2. The Morgan fingerprint density at radius 1 is 2.00 bits per heavy atom. The molecule has 0 aliphatic carbocycles. The van der Waals surface area contributed by atoms with Gasteiger partial charge in [-0.2, -0.15) is 0 Å². The molecule has 0 bridgehead atoms. The molecule has 0 aliphatic rings. The van der Waals surface area contributed by atoms with Gasteiger partial charge in [-0.3, -0.25) is 4.79 Å². The molecule has 9 heavy (non-hydrogen) atoms. The van der Waals surface area contributed by atoms with E-state index in [1.165, 1.54) is 13.0 Å². The number of carbonyl (C=O) groups is 1. The average Bonchev–Trinajstić information content (AvgIpc) is 1.82. The minimum atomic E-state index is -0.553. The van der Waals surface area contributed by atoms with Crippen molar-refractivity contribution < 1.29 is 14.6 Å². The summed E-state index contributed by atoms with van der Waals surface area (Å²) in [4.78, 5) is 10.2. The molecule has 0 aromatic rings. The predicted octanol–water partition coefficient (Wildman–Crippen LogP) is 0.0964. The normalized spacial score (nSPS) is 12.2. The Bertz CT molecular complexity index is 109. The maximum atomic E-state index is 10.2. The van der Waals surface area contributed by atoms with Crippen LogP contribution in [0.4, 0.5) is 0 Å². The molecule has 0 unspecified atom stereocenters. The van der Waals surface area contributed by atoms with Crippen LogP contribution in [0.25, 0.3) is 0 Å². The van der Waals surface area contributed by atoms with Gasteiger partial charge in [0.25, 0.3) is 0 Å². The first-order valence-corrected chi connectivity index (χ1v) is 2.61. The third-order valence-corrected chi connectivity index (χ3v) is 0.760. The van der Waals surface area contributed by atoms with Gasteiger partial charge in [0.15, 0.2) is 0 Å². The smallest absolute Gasteiger partial charge is 0.303 e. The number of aliphatic hydroxyl groups is 1. The lowest BCUT2D eigenvalue weighted by molar-refractivity contribution is -0.145. The fraction of sp³-hybridized carbons (Fsp3) is 0.500.